The molecule has 6 heteroatoms. The van der Waals surface area contributed by atoms with Crippen molar-refractivity contribution in [1.82, 2.24) is 5.32 Å². The minimum Gasteiger partial charge on any atom is -0.366 e. The smallest absolute Gasteiger partial charge is 0.122 e. The molecule has 2 aromatic rings. The zero-order valence-electron chi connectivity index (χ0n) is 14.6. The van der Waals surface area contributed by atoms with Gasteiger partial charge in [0.25, 0.3) is 0 Å². The van der Waals surface area contributed by atoms with Gasteiger partial charge >= 0.3 is 0 Å². The Morgan fingerprint density at radius 3 is 2.69 bits per heavy atom. The van der Waals surface area contributed by atoms with Gasteiger partial charge in [0, 0.05) is 47.1 Å². The van der Waals surface area contributed by atoms with Crippen LogP contribution in [-0.2, 0) is 0 Å². The largest absolute Gasteiger partial charge is 0.366 e. The molecule has 0 amide bonds. The Hall–Kier alpha value is -2.01. The Bertz CT molecular complexity index is 802. The fourth-order valence-corrected chi connectivity index (χ4v) is 3.32. The predicted octanol–water partition coefficient (Wildman–Crippen LogP) is 4.89. The molecule has 4 nitrogen and oxygen atoms in total. The standard InChI is InChI=1S/C20H22Cl2N4/c1-14-13-24-10-11-26(14)18-8-2-15(19(22)12-18)3-9-20(23)25-17-6-4-16(21)5-7-17/h2-9,12,14,24H,10-11,13H2,1H3,(H2,23,25)/b9-3+/t14-/m0/s1. The van der Waals surface area contributed by atoms with Crippen molar-refractivity contribution >= 4 is 46.5 Å². The number of benzene rings is 2. The highest BCUT2D eigenvalue weighted by Gasteiger charge is 2.18. The molecule has 136 valence electrons. The van der Waals surface area contributed by atoms with Crippen molar-refractivity contribution in [3.63, 3.8) is 0 Å². The lowest BCUT2D eigenvalue weighted by atomic mass is 10.1. The Morgan fingerprint density at radius 2 is 2.00 bits per heavy atom. The van der Waals surface area contributed by atoms with Gasteiger partial charge in [-0.3, -0.25) is 5.41 Å². The number of nitrogens with one attached hydrogen (secondary N) is 3. The van der Waals surface area contributed by atoms with Crippen molar-refractivity contribution in [1.29, 1.82) is 5.41 Å². The highest BCUT2D eigenvalue weighted by atomic mass is 35.5. The molecule has 1 heterocycles. The first kappa shape index (κ1) is 18.8. The maximum atomic E-state index is 8.04. The third-order valence-electron chi connectivity index (χ3n) is 4.37. The minimum atomic E-state index is 0.281. The first-order valence-corrected chi connectivity index (χ1v) is 9.34. The SMILES string of the molecule is C[C@H]1CNCCN1c1ccc(/C=C/C(=N)Nc2ccc(Cl)cc2)c(Cl)c1. The molecule has 26 heavy (non-hydrogen) atoms. The summed E-state index contributed by atoms with van der Waals surface area (Å²) in [6.45, 7) is 5.14. The van der Waals surface area contributed by atoms with Crippen molar-refractivity contribution < 1.29 is 0 Å². The van der Waals surface area contributed by atoms with Crippen LogP contribution in [0.4, 0.5) is 11.4 Å². The van der Waals surface area contributed by atoms with E-state index in [9.17, 15) is 0 Å². The van der Waals surface area contributed by atoms with E-state index in [0.717, 1.165) is 36.6 Å². The second-order valence-corrected chi connectivity index (χ2v) is 7.17. The molecule has 1 aliphatic heterocycles. The summed E-state index contributed by atoms with van der Waals surface area (Å²) in [5.41, 5.74) is 2.84. The van der Waals surface area contributed by atoms with Gasteiger partial charge in [-0.15, -0.1) is 0 Å². The highest BCUT2D eigenvalue weighted by Crippen LogP contribution is 2.26. The van der Waals surface area contributed by atoms with Crippen LogP contribution in [0, 0.1) is 5.41 Å². The maximum absolute atomic E-state index is 8.04. The normalized spacial score (nSPS) is 17.5. The summed E-state index contributed by atoms with van der Waals surface area (Å²) in [6, 6.07) is 13.8. The van der Waals surface area contributed by atoms with Gasteiger partial charge in [-0.1, -0.05) is 29.3 Å². The van der Waals surface area contributed by atoms with Crippen molar-refractivity contribution in [2.45, 2.75) is 13.0 Å². The van der Waals surface area contributed by atoms with Crippen LogP contribution in [0.15, 0.2) is 48.5 Å². The Balaban J connectivity index is 1.66. The molecule has 1 atom stereocenters. The van der Waals surface area contributed by atoms with Crippen molar-refractivity contribution in [3.8, 4) is 0 Å². The van der Waals surface area contributed by atoms with Gasteiger partial charge in [-0.05, 0) is 61.0 Å². The molecule has 1 saturated heterocycles. The monoisotopic (exact) mass is 388 g/mol. The molecule has 0 aliphatic carbocycles. The van der Waals surface area contributed by atoms with Gasteiger partial charge in [-0.25, -0.2) is 0 Å². The van der Waals surface area contributed by atoms with Gasteiger partial charge in [0.1, 0.15) is 5.84 Å². The zero-order valence-corrected chi connectivity index (χ0v) is 16.1. The number of piperazine rings is 1. The summed E-state index contributed by atoms with van der Waals surface area (Å²) in [7, 11) is 0. The molecule has 3 N–H and O–H groups in total. The highest BCUT2D eigenvalue weighted by molar-refractivity contribution is 6.32. The minimum absolute atomic E-state index is 0.281. The number of nitrogens with zero attached hydrogens (tertiary/aromatic N) is 1. The summed E-state index contributed by atoms with van der Waals surface area (Å²) < 4.78 is 0. The molecule has 0 unspecified atom stereocenters. The van der Waals surface area contributed by atoms with Crippen molar-refractivity contribution in [2.75, 3.05) is 29.9 Å². The Labute approximate surface area is 164 Å². The second-order valence-electron chi connectivity index (χ2n) is 6.33. The number of rotatable bonds is 4. The van der Waals surface area contributed by atoms with Crippen molar-refractivity contribution in [2.24, 2.45) is 0 Å². The summed E-state index contributed by atoms with van der Waals surface area (Å²) in [5.74, 6) is 0.281. The Kier molecular flexibility index (Phi) is 6.20. The quantitative estimate of drug-likeness (QED) is 0.515. The number of halogens is 2. The lowest BCUT2D eigenvalue weighted by Crippen LogP contribution is -2.49. The first-order chi connectivity index (χ1) is 12.5. The van der Waals surface area contributed by atoms with Crippen LogP contribution in [0.3, 0.4) is 0 Å². The summed E-state index contributed by atoms with van der Waals surface area (Å²) >= 11 is 12.3. The predicted molar refractivity (Wildman–Crippen MR) is 113 cm³/mol. The number of hydrogen-bond donors (Lipinski definition) is 3. The van der Waals surface area contributed by atoms with E-state index in [0.29, 0.717) is 16.1 Å². The molecule has 1 aliphatic rings. The third kappa shape index (κ3) is 4.79. The van der Waals surface area contributed by atoms with E-state index in [1.807, 2.05) is 30.3 Å². The maximum Gasteiger partial charge on any atom is 0.122 e. The molecule has 0 aromatic heterocycles. The van der Waals surface area contributed by atoms with E-state index in [-0.39, 0.29) is 5.84 Å². The first-order valence-electron chi connectivity index (χ1n) is 8.59. The number of amidine groups is 1. The van der Waals surface area contributed by atoms with Crippen molar-refractivity contribution in [3.05, 3.63) is 64.1 Å². The molecular weight excluding hydrogens is 367 g/mol. The van der Waals surface area contributed by atoms with Crippen LogP contribution < -0.4 is 15.5 Å². The Morgan fingerprint density at radius 1 is 1.23 bits per heavy atom. The molecule has 2 aromatic carbocycles. The van der Waals surface area contributed by atoms with Gasteiger partial charge in [0.15, 0.2) is 0 Å². The van der Waals surface area contributed by atoms with Crippen LogP contribution in [-0.4, -0.2) is 31.5 Å². The van der Waals surface area contributed by atoms with Gasteiger partial charge < -0.3 is 15.5 Å². The van der Waals surface area contributed by atoms with E-state index < -0.39 is 0 Å². The van der Waals surface area contributed by atoms with Gasteiger partial charge in [0.2, 0.25) is 0 Å². The molecule has 0 radical (unpaired) electrons. The van der Waals surface area contributed by atoms with E-state index in [2.05, 4.69) is 28.5 Å². The second kappa shape index (κ2) is 8.58. The molecular formula is C20H22Cl2N4. The van der Waals surface area contributed by atoms with Crippen LogP contribution in [0.25, 0.3) is 6.08 Å². The third-order valence-corrected chi connectivity index (χ3v) is 4.95. The van der Waals surface area contributed by atoms with E-state index >= 15 is 0 Å². The van der Waals surface area contributed by atoms with Gasteiger partial charge in [-0.2, -0.15) is 0 Å². The number of anilines is 2. The summed E-state index contributed by atoms with van der Waals surface area (Å²) in [4.78, 5) is 2.36. The van der Waals surface area contributed by atoms with Crippen LogP contribution in [0.1, 0.15) is 12.5 Å². The van der Waals surface area contributed by atoms with E-state index in [1.165, 1.54) is 0 Å². The molecule has 1 fully saturated rings. The van der Waals surface area contributed by atoms with Crippen LogP contribution in [0.2, 0.25) is 10.0 Å². The van der Waals surface area contributed by atoms with E-state index in [1.54, 1.807) is 18.2 Å². The zero-order chi connectivity index (χ0) is 18.5. The summed E-state index contributed by atoms with van der Waals surface area (Å²) in [6.07, 6.45) is 3.54. The molecule has 0 saturated carbocycles. The lowest BCUT2D eigenvalue weighted by molar-refractivity contribution is 0.501. The molecule has 0 bridgehead atoms. The topological polar surface area (TPSA) is 51.2 Å². The van der Waals surface area contributed by atoms with Crippen LogP contribution >= 0.6 is 23.2 Å². The summed E-state index contributed by atoms with van der Waals surface area (Å²) in [5, 5.41) is 15.8. The molecule has 0 spiro atoms. The van der Waals surface area contributed by atoms with E-state index in [4.69, 9.17) is 28.6 Å². The lowest BCUT2D eigenvalue weighted by Gasteiger charge is -2.36. The fourth-order valence-electron chi connectivity index (χ4n) is 2.96. The van der Waals surface area contributed by atoms with Crippen LogP contribution in [0.5, 0.6) is 0 Å². The number of hydrogen-bond acceptors (Lipinski definition) is 3. The average molecular weight is 389 g/mol. The molecule has 3 rings (SSSR count). The fraction of sp³-hybridized carbons (Fsp3) is 0.250. The van der Waals surface area contributed by atoms with Gasteiger partial charge in [0.05, 0.1) is 0 Å². The average Bonchev–Trinajstić information content (AvgIpc) is 2.63.